The molecule has 1 rings (SSSR count). The van der Waals surface area contributed by atoms with E-state index in [4.69, 9.17) is 4.74 Å². The van der Waals surface area contributed by atoms with Gasteiger partial charge in [-0.15, -0.1) is 0 Å². The Morgan fingerprint density at radius 1 is 1.53 bits per heavy atom. The molecule has 0 saturated heterocycles. The average molecular weight is 232 g/mol. The summed E-state index contributed by atoms with van der Waals surface area (Å²) in [6.45, 7) is 8.64. The summed E-state index contributed by atoms with van der Waals surface area (Å²) in [5.74, 6) is 3.29. The van der Waals surface area contributed by atoms with Crippen LogP contribution in [0.3, 0.4) is 0 Å². The standard InChI is InChI=1S/C16H24O/c1-5-7-10-15(6-2)17-16-11-8-9-14(12-16)13(3)4/h5,7-8,10-14H,6,9H2,1-4H3/b7-5-,15-10+/t14-/m0/s1. The van der Waals surface area contributed by atoms with Crippen molar-refractivity contribution in [3.05, 3.63) is 48.0 Å². The molecule has 0 aliphatic heterocycles. The summed E-state index contributed by atoms with van der Waals surface area (Å²) in [5, 5.41) is 0. The minimum Gasteiger partial charge on any atom is -0.462 e. The van der Waals surface area contributed by atoms with Crippen LogP contribution in [0.25, 0.3) is 0 Å². The number of allylic oxidation sites excluding steroid dienone is 7. The molecule has 0 N–H and O–H groups in total. The SMILES string of the molecule is C/C=C\C=C(/CC)OC1=C[C@@H](C(C)C)CC=C1. The molecule has 1 heteroatoms. The number of hydrogen-bond acceptors (Lipinski definition) is 1. The summed E-state index contributed by atoms with van der Waals surface area (Å²) in [5.41, 5.74) is 0. The van der Waals surface area contributed by atoms with Gasteiger partial charge in [0.05, 0.1) is 0 Å². The van der Waals surface area contributed by atoms with Crippen LogP contribution in [0.1, 0.15) is 40.5 Å². The highest BCUT2D eigenvalue weighted by molar-refractivity contribution is 5.21. The zero-order valence-corrected chi connectivity index (χ0v) is 11.4. The lowest BCUT2D eigenvalue weighted by molar-refractivity contribution is 0.296. The molecule has 0 amide bonds. The van der Waals surface area contributed by atoms with Crippen molar-refractivity contribution in [2.75, 3.05) is 0 Å². The molecular weight excluding hydrogens is 208 g/mol. The molecule has 94 valence electrons. The van der Waals surface area contributed by atoms with Crippen LogP contribution in [0.5, 0.6) is 0 Å². The van der Waals surface area contributed by atoms with E-state index in [9.17, 15) is 0 Å². The maximum absolute atomic E-state index is 5.91. The predicted molar refractivity (Wildman–Crippen MR) is 74.4 cm³/mol. The fourth-order valence-corrected chi connectivity index (χ4v) is 1.79. The summed E-state index contributed by atoms with van der Waals surface area (Å²) in [6.07, 6.45) is 14.7. The van der Waals surface area contributed by atoms with Gasteiger partial charge in [0.2, 0.25) is 0 Å². The zero-order valence-electron chi connectivity index (χ0n) is 11.4. The molecular formula is C16H24O. The topological polar surface area (TPSA) is 9.23 Å². The molecule has 1 aliphatic carbocycles. The maximum atomic E-state index is 5.91. The minimum absolute atomic E-state index is 0.606. The lowest BCUT2D eigenvalue weighted by Gasteiger charge is -2.20. The molecule has 1 atom stereocenters. The highest BCUT2D eigenvalue weighted by Gasteiger charge is 2.14. The van der Waals surface area contributed by atoms with Gasteiger partial charge in [0.1, 0.15) is 11.5 Å². The van der Waals surface area contributed by atoms with Gasteiger partial charge in [-0.2, -0.15) is 0 Å². The Balaban J connectivity index is 2.69. The molecule has 0 aromatic heterocycles. The third-order valence-corrected chi connectivity index (χ3v) is 3.00. The van der Waals surface area contributed by atoms with Gasteiger partial charge >= 0.3 is 0 Å². The van der Waals surface area contributed by atoms with Crippen LogP contribution in [0.4, 0.5) is 0 Å². The fourth-order valence-electron chi connectivity index (χ4n) is 1.79. The molecule has 1 aliphatic rings. The normalized spacial score (nSPS) is 21.1. The zero-order chi connectivity index (χ0) is 12.7. The molecule has 0 heterocycles. The molecule has 0 aromatic carbocycles. The van der Waals surface area contributed by atoms with Crippen LogP contribution in [0.15, 0.2) is 48.0 Å². The predicted octanol–water partition coefficient (Wildman–Crippen LogP) is 4.99. The van der Waals surface area contributed by atoms with Crippen LogP contribution in [0, 0.1) is 11.8 Å². The number of rotatable bonds is 5. The second-order valence-corrected chi connectivity index (χ2v) is 4.73. The minimum atomic E-state index is 0.606. The molecule has 0 spiro atoms. The van der Waals surface area contributed by atoms with Crippen LogP contribution in [-0.2, 0) is 4.74 Å². The summed E-state index contributed by atoms with van der Waals surface area (Å²) < 4.78 is 5.91. The summed E-state index contributed by atoms with van der Waals surface area (Å²) in [4.78, 5) is 0. The Morgan fingerprint density at radius 3 is 2.88 bits per heavy atom. The summed E-state index contributed by atoms with van der Waals surface area (Å²) in [7, 11) is 0. The van der Waals surface area contributed by atoms with Gasteiger partial charge in [0.25, 0.3) is 0 Å². The molecule has 0 saturated carbocycles. The van der Waals surface area contributed by atoms with Crippen molar-refractivity contribution in [3.63, 3.8) is 0 Å². The fraction of sp³-hybridized carbons (Fsp3) is 0.500. The lowest BCUT2D eigenvalue weighted by atomic mass is 9.89. The molecule has 0 radical (unpaired) electrons. The first-order valence-electron chi connectivity index (χ1n) is 6.55. The highest BCUT2D eigenvalue weighted by atomic mass is 16.5. The van der Waals surface area contributed by atoms with E-state index in [1.165, 1.54) is 0 Å². The van der Waals surface area contributed by atoms with Gasteiger partial charge in [-0.3, -0.25) is 0 Å². The quantitative estimate of drug-likeness (QED) is 0.479. The van der Waals surface area contributed by atoms with Gasteiger partial charge in [0.15, 0.2) is 0 Å². The first-order chi connectivity index (χ1) is 8.17. The van der Waals surface area contributed by atoms with E-state index < -0.39 is 0 Å². The Morgan fingerprint density at radius 2 is 2.29 bits per heavy atom. The number of hydrogen-bond donors (Lipinski definition) is 0. The second kappa shape index (κ2) is 7.16. The van der Waals surface area contributed by atoms with Gasteiger partial charge in [0, 0.05) is 6.42 Å². The Bertz CT molecular complexity index is 343. The smallest absolute Gasteiger partial charge is 0.122 e. The molecule has 0 unspecified atom stereocenters. The van der Waals surface area contributed by atoms with E-state index >= 15 is 0 Å². The van der Waals surface area contributed by atoms with Crippen LogP contribution in [-0.4, -0.2) is 0 Å². The van der Waals surface area contributed by atoms with Crippen molar-refractivity contribution >= 4 is 0 Å². The first-order valence-corrected chi connectivity index (χ1v) is 6.55. The maximum Gasteiger partial charge on any atom is 0.122 e. The summed E-state index contributed by atoms with van der Waals surface area (Å²) in [6, 6.07) is 0. The van der Waals surface area contributed by atoms with Crippen LogP contribution >= 0.6 is 0 Å². The Labute approximate surface area is 106 Å². The average Bonchev–Trinajstić information content (AvgIpc) is 2.34. The Hall–Kier alpha value is -1.24. The second-order valence-electron chi connectivity index (χ2n) is 4.73. The first kappa shape index (κ1) is 13.8. The molecule has 17 heavy (non-hydrogen) atoms. The molecule has 0 fully saturated rings. The van der Waals surface area contributed by atoms with Gasteiger partial charge < -0.3 is 4.74 Å². The lowest BCUT2D eigenvalue weighted by Crippen LogP contribution is -2.08. The van der Waals surface area contributed by atoms with E-state index in [0.717, 1.165) is 24.4 Å². The van der Waals surface area contributed by atoms with Crippen LogP contribution < -0.4 is 0 Å². The van der Waals surface area contributed by atoms with E-state index in [0.29, 0.717) is 11.8 Å². The van der Waals surface area contributed by atoms with E-state index in [1.807, 2.05) is 25.2 Å². The van der Waals surface area contributed by atoms with Crippen LogP contribution in [0.2, 0.25) is 0 Å². The molecule has 1 nitrogen and oxygen atoms in total. The highest BCUT2D eigenvalue weighted by Crippen LogP contribution is 2.25. The van der Waals surface area contributed by atoms with E-state index in [1.54, 1.807) is 0 Å². The Kier molecular flexibility index (Phi) is 5.82. The van der Waals surface area contributed by atoms with Gasteiger partial charge in [-0.1, -0.05) is 39.0 Å². The van der Waals surface area contributed by atoms with Crippen molar-refractivity contribution < 1.29 is 4.74 Å². The van der Waals surface area contributed by atoms with E-state index in [2.05, 4.69) is 39.0 Å². The van der Waals surface area contributed by atoms with Gasteiger partial charge in [-0.05, 0) is 43.4 Å². The van der Waals surface area contributed by atoms with Crippen molar-refractivity contribution in [2.45, 2.75) is 40.5 Å². The third-order valence-electron chi connectivity index (χ3n) is 3.00. The van der Waals surface area contributed by atoms with Crippen molar-refractivity contribution in [1.29, 1.82) is 0 Å². The largest absolute Gasteiger partial charge is 0.462 e. The monoisotopic (exact) mass is 232 g/mol. The molecule has 0 aromatic rings. The van der Waals surface area contributed by atoms with E-state index in [-0.39, 0.29) is 0 Å². The van der Waals surface area contributed by atoms with Crippen molar-refractivity contribution in [1.82, 2.24) is 0 Å². The third kappa shape index (κ3) is 4.64. The summed E-state index contributed by atoms with van der Waals surface area (Å²) >= 11 is 0. The van der Waals surface area contributed by atoms with Crippen molar-refractivity contribution in [2.24, 2.45) is 11.8 Å². The van der Waals surface area contributed by atoms with Gasteiger partial charge in [-0.25, -0.2) is 0 Å². The molecule has 0 bridgehead atoms. The number of ether oxygens (including phenoxy) is 1. The van der Waals surface area contributed by atoms with Crippen molar-refractivity contribution in [3.8, 4) is 0 Å².